The molecule has 4 heteroatoms. The van der Waals surface area contributed by atoms with Crippen molar-refractivity contribution in [2.75, 3.05) is 40.3 Å². The van der Waals surface area contributed by atoms with E-state index in [4.69, 9.17) is 10.1 Å². The van der Waals surface area contributed by atoms with Crippen LogP contribution in [0.3, 0.4) is 0 Å². The molecule has 2 aliphatic rings. The van der Waals surface area contributed by atoms with Crippen LogP contribution in [0.15, 0.2) is 0 Å². The predicted molar refractivity (Wildman–Crippen MR) is 74.2 cm³/mol. The van der Waals surface area contributed by atoms with Gasteiger partial charge in [-0.15, -0.1) is 0 Å². The Hall–Kier alpha value is -0.610. The summed E-state index contributed by atoms with van der Waals surface area (Å²) < 4.78 is 5.79. The number of nitrogens with zero attached hydrogens (tertiary/aromatic N) is 2. The predicted octanol–water partition coefficient (Wildman–Crippen LogP) is 1.81. The van der Waals surface area contributed by atoms with Gasteiger partial charge < -0.3 is 14.5 Å². The average molecular weight is 253 g/mol. The number of piperazine rings is 1. The molecule has 0 aromatic heterocycles. The molecule has 1 aliphatic carbocycles. The summed E-state index contributed by atoms with van der Waals surface area (Å²) in [5.74, 6) is 1.51. The summed E-state index contributed by atoms with van der Waals surface area (Å²) in [6.45, 7) is 6.35. The summed E-state index contributed by atoms with van der Waals surface area (Å²) in [6.07, 6.45) is 4.39. The van der Waals surface area contributed by atoms with E-state index in [-0.39, 0.29) is 5.60 Å². The summed E-state index contributed by atoms with van der Waals surface area (Å²) in [4.78, 5) is 4.55. The molecule has 18 heavy (non-hydrogen) atoms. The molecule has 1 saturated carbocycles. The second-order valence-electron chi connectivity index (χ2n) is 6.02. The molecule has 2 fully saturated rings. The van der Waals surface area contributed by atoms with Gasteiger partial charge in [-0.25, -0.2) is 0 Å². The summed E-state index contributed by atoms with van der Waals surface area (Å²) >= 11 is 0. The van der Waals surface area contributed by atoms with Crippen LogP contribution in [0.1, 0.15) is 32.6 Å². The van der Waals surface area contributed by atoms with Gasteiger partial charge in [-0.2, -0.15) is 0 Å². The van der Waals surface area contributed by atoms with Gasteiger partial charge in [-0.3, -0.25) is 5.41 Å². The lowest BCUT2D eigenvalue weighted by Gasteiger charge is -2.44. The number of likely N-dealkylation sites (N-methyl/N-ethyl adjacent to an activating group) is 1. The van der Waals surface area contributed by atoms with Crippen molar-refractivity contribution in [2.24, 2.45) is 5.92 Å². The summed E-state index contributed by atoms with van der Waals surface area (Å²) in [5, 5.41) is 8.54. The minimum absolute atomic E-state index is 0.303. The van der Waals surface area contributed by atoms with Gasteiger partial charge in [0, 0.05) is 33.3 Å². The van der Waals surface area contributed by atoms with Crippen LogP contribution in [0, 0.1) is 11.3 Å². The van der Waals surface area contributed by atoms with Gasteiger partial charge in [0.15, 0.2) is 0 Å². The summed E-state index contributed by atoms with van der Waals surface area (Å²) in [6, 6.07) is 0. The molecule has 1 aliphatic heterocycles. The van der Waals surface area contributed by atoms with Crippen molar-refractivity contribution >= 4 is 5.84 Å². The lowest BCUT2D eigenvalue weighted by atomic mass is 9.78. The van der Waals surface area contributed by atoms with Gasteiger partial charge >= 0.3 is 0 Å². The second kappa shape index (κ2) is 5.57. The van der Waals surface area contributed by atoms with Crippen LogP contribution in [0.4, 0.5) is 0 Å². The molecular formula is C14H27N3O. The number of methoxy groups -OCH3 is 1. The molecule has 1 N–H and O–H groups in total. The first-order chi connectivity index (χ1) is 8.57. The lowest BCUT2D eigenvalue weighted by molar-refractivity contribution is -0.00341. The van der Waals surface area contributed by atoms with E-state index in [2.05, 4.69) is 23.8 Å². The van der Waals surface area contributed by atoms with Crippen molar-refractivity contribution in [1.29, 1.82) is 5.41 Å². The Kier molecular flexibility index (Phi) is 4.28. The van der Waals surface area contributed by atoms with Crippen molar-refractivity contribution in [1.82, 2.24) is 9.80 Å². The molecule has 0 amide bonds. The van der Waals surface area contributed by atoms with Crippen molar-refractivity contribution in [2.45, 2.75) is 38.2 Å². The molecule has 0 bridgehead atoms. The Morgan fingerprint density at radius 2 is 1.72 bits per heavy atom. The van der Waals surface area contributed by atoms with Crippen LogP contribution >= 0.6 is 0 Å². The molecule has 0 aromatic carbocycles. The second-order valence-corrected chi connectivity index (χ2v) is 6.02. The minimum Gasteiger partial charge on any atom is -0.370 e. The van der Waals surface area contributed by atoms with E-state index in [1.54, 1.807) is 7.11 Å². The van der Waals surface area contributed by atoms with Crippen LogP contribution in [0.25, 0.3) is 0 Å². The Balaban J connectivity index is 2.01. The molecule has 0 unspecified atom stereocenters. The normalized spacial score (nSPS) is 34.6. The number of nitrogens with one attached hydrogen (secondary N) is 1. The lowest BCUT2D eigenvalue weighted by Crippen LogP contribution is -2.56. The van der Waals surface area contributed by atoms with E-state index >= 15 is 0 Å². The maximum atomic E-state index is 8.54. The standard InChI is InChI=1S/C14H27N3O/c1-12-4-6-14(18-3,7-5-12)13(15)17-10-8-16(2)9-11-17/h12,15H,4-11H2,1-3H3. The van der Waals surface area contributed by atoms with Crippen LogP contribution in [0.5, 0.6) is 0 Å². The van der Waals surface area contributed by atoms with E-state index < -0.39 is 0 Å². The fourth-order valence-corrected chi connectivity index (χ4v) is 3.08. The molecule has 0 atom stereocenters. The maximum Gasteiger partial charge on any atom is 0.129 e. The highest BCUT2D eigenvalue weighted by Crippen LogP contribution is 2.36. The van der Waals surface area contributed by atoms with Gasteiger partial charge in [0.2, 0.25) is 0 Å². The quantitative estimate of drug-likeness (QED) is 0.602. The summed E-state index contributed by atoms with van der Waals surface area (Å²) in [7, 11) is 3.93. The summed E-state index contributed by atoms with van der Waals surface area (Å²) in [5.41, 5.74) is -0.303. The largest absolute Gasteiger partial charge is 0.370 e. The molecule has 2 rings (SSSR count). The molecule has 0 radical (unpaired) electrons. The molecule has 1 saturated heterocycles. The molecule has 1 heterocycles. The van der Waals surface area contributed by atoms with Crippen LogP contribution in [-0.4, -0.2) is 61.6 Å². The monoisotopic (exact) mass is 253 g/mol. The van der Waals surface area contributed by atoms with Gasteiger partial charge in [0.1, 0.15) is 11.4 Å². The molecule has 0 aromatic rings. The number of hydrogen-bond donors (Lipinski definition) is 1. The van der Waals surface area contributed by atoms with Crippen LogP contribution in [0.2, 0.25) is 0 Å². The smallest absolute Gasteiger partial charge is 0.129 e. The van der Waals surface area contributed by atoms with Gasteiger partial charge in [0.25, 0.3) is 0 Å². The van der Waals surface area contributed by atoms with Crippen LogP contribution in [-0.2, 0) is 4.74 Å². The van der Waals surface area contributed by atoms with Crippen molar-refractivity contribution < 1.29 is 4.74 Å². The van der Waals surface area contributed by atoms with Gasteiger partial charge in [-0.05, 0) is 38.6 Å². The molecule has 0 spiro atoms. The fraction of sp³-hybridized carbons (Fsp3) is 0.929. The average Bonchev–Trinajstić information content (AvgIpc) is 2.40. The maximum absolute atomic E-state index is 8.54. The zero-order chi connectivity index (χ0) is 13.2. The number of ether oxygens (including phenoxy) is 1. The minimum atomic E-state index is -0.303. The fourth-order valence-electron chi connectivity index (χ4n) is 3.08. The first-order valence-electron chi connectivity index (χ1n) is 7.15. The Labute approximate surface area is 111 Å². The van der Waals surface area contributed by atoms with Crippen molar-refractivity contribution in [3.63, 3.8) is 0 Å². The highest BCUT2D eigenvalue weighted by atomic mass is 16.5. The highest BCUT2D eigenvalue weighted by molar-refractivity contribution is 5.88. The zero-order valence-electron chi connectivity index (χ0n) is 12.0. The third kappa shape index (κ3) is 2.69. The third-order valence-electron chi connectivity index (χ3n) is 4.72. The van der Waals surface area contributed by atoms with E-state index in [0.717, 1.165) is 50.8 Å². The van der Waals surface area contributed by atoms with E-state index in [1.807, 2.05) is 0 Å². The van der Waals surface area contributed by atoms with Gasteiger partial charge in [0.05, 0.1) is 0 Å². The number of amidine groups is 1. The molecular weight excluding hydrogens is 226 g/mol. The van der Waals surface area contributed by atoms with Crippen molar-refractivity contribution in [3.8, 4) is 0 Å². The Morgan fingerprint density at radius 3 is 2.22 bits per heavy atom. The number of hydrogen-bond acceptors (Lipinski definition) is 3. The highest BCUT2D eigenvalue weighted by Gasteiger charge is 2.41. The molecule has 104 valence electrons. The SMILES string of the molecule is COC1(C(=N)N2CCN(C)CC2)CCC(C)CC1. The van der Waals surface area contributed by atoms with E-state index in [0.29, 0.717) is 0 Å². The van der Waals surface area contributed by atoms with Crippen molar-refractivity contribution in [3.05, 3.63) is 0 Å². The topological polar surface area (TPSA) is 39.6 Å². The first kappa shape index (κ1) is 13.8. The van der Waals surface area contributed by atoms with Crippen LogP contribution < -0.4 is 0 Å². The Bertz CT molecular complexity index is 289. The number of rotatable bonds is 2. The molecule has 4 nitrogen and oxygen atoms in total. The third-order valence-corrected chi connectivity index (χ3v) is 4.72. The van der Waals surface area contributed by atoms with E-state index in [1.165, 1.54) is 12.8 Å². The Morgan fingerprint density at radius 1 is 1.17 bits per heavy atom. The van der Waals surface area contributed by atoms with Gasteiger partial charge in [-0.1, -0.05) is 6.92 Å². The zero-order valence-corrected chi connectivity index (χ0v) is 12.0. The van der Waals surface area contributed by atoms with E-state index in [9.17, 15) is 0 Å². The first-order valence-corrected chi connectivity index (χ1v) is 7.15.